The normalized spacial score (nSPS) is 25.6. The van der Waals surface area contributed by atoms with Gasteiger partial charge in [0.25, 0.3) is 0 Å². The maximum Gasteiger partial charge on any atom is 0.0455 e. The van der Waals surface area contributed by atoms with Gasteiger partial charge in [-0.3, -0.25) is 0 Å². The number of nitrogens with one attached hydrogen (secondary N) is 1. The molecule has 1 aromatic rings. The molecule has 1 nitrogen and oxygen atoms in total. The van der Waals surface area contributed by atoms with Crippen molar-refractivity contribution in [2.24, 2.45) is 0 Å². The topological polar surface area (TPSA) is 15.8 Å². The first kappa shape index (κ1) is 5.42. The fourth-order valence-corrected chi connectivity index (χ4v) is 1.82. The molecule has 1 aliphatic rings. The van der Waals surface area contributed by atoms with E-state index in [1.807, 2.05) is 18.0 Å². The van der Waals surface area contributed by atoms with Crippen LogP contribution in [0.25, 0.3) is 0 Å². The maximum absolute atomic E-state index is 3.22. The fraction of sp³-hybridized carbons (Fsp3) is 0.429. The molecule has 1 aliphatic heterocycles. The molecule has 1 aromatic heterocycles. The van der Waals surface area contributed by atoms with E-state index in [0.717, 1.165) is 5.25 Å². The predicted molar refractivity (Wildman–Crippen MR) is 40.6 cm³/mol. The standard InChI is InChI=1S/C7H9NS/c1-2-6(8-4-1)7-3-5-9-7/h1-2,4,7-8H,3,5H2. The minimum Gasteiger partial charge on any atom is -0.364 e. The quantitative estimate of drug-likeness (QED) is 0.630. The van der Waals surface area contributed by atoms with Gasteiger partial charge in [-0.2, -0.15) is 11.8 Å². The van der Waals surface area contributed by atoms with E-state index < -0.39 is 0 Å². The van der Waals surface area contributed by atoms with Gasteiger partial charge in [0.1, 0.15) is 0 Å². The van der Waals surface area contributed by atoms with Crippen LogP contribution in [0.3, 0.4) is 0 Å². The molecule has 0 saturated carbocycles. The summed E-state index contributed by atoms with van der Waals surface area (Å²) in [6, 6.07) is 4.23. The Morgan fingerprint density at radius 3 is 3.00 bits per heavy atom. The van der Waals surface area contributed by atoms with Crippen LogP contribution in [-0.4, -0.2) is 10.7 Å². The number of aromatic nitrogens is 1. The number of aromatic amines is 1. The van der Waals surface area contributed by atoms with Crippen LogP contribution in [0.1, 0.15) is 17.4 Å². The van der Waals surface area contributed by atoms with Gasteiger partial charge >= 0.3 is 0 Å². The lowest BCUT2D eigenvalue weighted by Crippen LogP contribution is -2.06. The monoisotopic (exact) mass is 139 g/mol. The Hall–Kier alpha value is -0.370. The van der Waals surface area contributed by atoms with Gasteiger partial charge in [-0.05, 0) is 24.3 Å². The zero-order valence-electron chi connectivity index (χ0n) is 5.13. The van der Waals surface area contributed by atoms with Crippen molar-refractivity contribution in [1.29, 1.82) is 0 Å². The lowest BCUT2D eigenvalue weighted by molar-refractivity contribution is 0.825. The summed E-state index contributed by atoms with van der Waals surface area (Å²) in [6.45, 7) is 0. The summed E-state index contributed by atoms with van der Waals surface area (Å²) in [7, 11) is 0. The summed E-state index contributed by atoms with van der Waals surface area (Å²) in [6.07, 6.45) is 3.35. The third-order valence-corrected chi connectivity index (χ3v) is 3.03. The van der Waals surface area contributed by atoms with Gasteiger partial charge in [0.05, 0.1) is 0 Å². The average Bonchev–Trinajstić information content (AvgIpc) is 2.11. The summed E-state index contributed by atoms with van der Waals surface area (Å²) in [5.41, 5.74) is 1.39. The molecule has 0 aromatic carbocycles. The first-order valence-electron chi connectivity index (χ1n) is 3.22. The van der Waals surface area contributed by atoms with Gasteiger partial charge < -0.3 is 4.98 Å². The predicted octanol–water partition coefficient (Wildman–Crippen LogP) is 2.19. The van der Waals surface area contributed by atoms with Crippen molar-refractivity contribution in [3.05, 3.63) is 24.0 Å². The van der Waals surface area contributed by atoms with E-state index in [4.69, 9.17) is 0 Å². The number of H-pyrrole nitrogens is 1. The summed E-state index contributed by atoms with van der Waals surface area (Å²) < 4.78 is 0. The summed E-state index contributed by atoms with van der Waals surface area (Å²) >= 11 is 2.03. The van der Waals surface area contributed by atoms with Crippen molar-refractivity contribution in [3.8, 4) is 0 Å². The van der Waals surface area contributed by atoms with Crippen LogP contribution < -0.4 is 0 Å². The van der Waals surface area contributed by atoms with Crippen LogP contribution in [0.5, 0.6) is 0 Å². The highest BCUT2D eigenvalue weighted by Crippen LogP contribution is 2.41. The summed E-state index contributed by atoms with van der Waals surface area (Å²) in [5.74, 6) is 1.34. The van der Waals surface area contributed by atoms with Crippen molar-refractivity contribution < 1.29 is 0 Å². The molecular weight excluding hydrogens is 130 g/mol. The Balaban J connectivity index is 2.14. The average molecular weight is 139 g/mol. The molecule has 1 fully saturated rings. The van der Waals surface area contributed by atoms with E-state index in [1.54, 1.807) is 0 Å². The van der Waals surface area contributed by atoms with Crippen LogP contribution in [0.4, 0.5) is 0 Å². The summed E-state index contributed by atoms with van der Waals surface area (Å²) in [4.78, 5) is 3.22. The molecular formula is C7H9NS. The second-order valence-electron chi connectivity index (χ2n) is 2.27. The van der Waals surface area contributed by atoms with E-state index in [-0.39, 0.29) is 0 Å². The maximum atomic E-state index is 3.22. The zero-order valence-corrected chi connectivity index (χ0v) is 5.95. The highest BCUT2D eigenvalue weighted by molar-refractivity contribution is 8.00. The van der Waals surface area contributed by atoms with Gasteiger partial charge in [0, 0.05) is 17.1 Å². The van der Waals surface area contributed by atoms with Crippen LogP contribution in [0.2, 0.25) is 0 Å². The largest absolute Gasteiger partial charge is 0.364 e. The van der Waals surface area contributed by atoms with Crippen molar-refractivity contribution in [2.75, 3.05) is 5.75 Å². The zero-order chi connectivity index (χ0) is 6.10. The minimum atomic E-state index is 0.778. The van der Waals surface area contributed by atoms with Crippen LogP contribution in [0.15, 0.2) is 18.3 Å². The van der Waals surface area contributed by atoms with Crippen LogP contribution in [-0.2, 0) is 0 Å². The third-order valence-electron chi connectivity index (χ3n) is 1.67. The Kier molecular flexibility index (Phi) is 1.27. The molecule has 1 unspecified atom stereocenters. The summed E-state index contributed by atoms with van der Waals surface area (Å²) in [5, 5.41) is 0.778. The Morgan fingerprint density at radius 1 is 1.67 bits per heavy atom. The molecule has 0 bridgehead atoms. The third kappa shape index (κ3) is 0.874. The van der Waals surface area contributed by atoms with Crippen molar-refractivity contribution in [1.82, 2.24) is 4.98 Å². The van der Waals surface area contributed by atoms with Gasteiger partial charge in [-0.15, -0.1) is 0 Å². The Labute approximate surface area is 58.9 Å². The molecule has 0 amide bonds. The fourth-order valence-electron chi connectivity index (χ4n) is 1.03. The molecule has 48 valence electrons. The lowest BCUT2D eigenvalue weighted by Gasteiger charge is -2.23. The van der Waals surface area contributed by atoms with E-state index in [1.165, 1.54) is 17.9 Å². The molecule has 9 heavy (non-hydrogen) atoms. The molecule has 1 atom stereocenters. The number of hydrogen-bond donors (Lipinski definition) is 1. The minimum absolute atomic E-state index is 0.778. The second-order valence-corrected chi connectivity index (χ2v) is 3.58. The molecule has 0 radical (unpaired) electrons. The Morgan fingerprint density at radius 2 is 2.56 bits per heavy atom. The van der Waals surface area contributed by atoms with Crippen molar-refractivity contribution in [3.63, 3.8) is 0 Å². The van der Waals surface area contributed by atoms with Crippen molar-refractivity contribution in [2.45, 2.75) is 11.7 Å². The molecule has 2 rings (SSSR count). The van der Waals surface area contributed by atoms with E-state index >= 15 is 0 Å². The molecule has 0 spiro atoms. The van der Waals surface area contributed by atoms with E-state index in [0.29, 0.717) is 0 Å². The van der Waals surface area contributed by atoms with Crippen molar-refractivity contribution >= 4 is 11.8 Å². The first-order chi connectivity index (χ1) is 4.47. The van der Waals surface area contributed by atoms with Gasteiger partial charge in [-0.1, -0.05) is 0 Å². The number of thioether (sulfide) groups is 1. The highest BCUT2D eigenvalue weighted by atomic mass is 32.2. The van der Waals surface area contributed by atoms with Crippen LogP contribution >= 0.6 is 11.8 Å². The molecule has 1 N–H and O–H groups in total. The van der Waals surface area contributed by atoms with Gasteiger partial charge in [0.2, 0.25) is 0 Å². The molecule has 2 heterocycles. The van der Waals surface area contributed by atoms with Crippen LogP contribution in [0, 0.1) is 0 Å². The van der Waals surface area contributed by atoms with Gasteiger partial charge in [0.15, 0.2) is 0 Å². The smallest absolute Gasteiger partial charge is 0.0455 e. The highest BCUT2D eigenvalue weighted by Gasteiger charge is 2.19. The Bertz CT molecular complexity index is 177. The number of rotatable bonds is 1. The van der Waals surface area contributed by atoms with E-state index in [2.05, 4.69) is 17.1 Å². The van der Waals surface area contributed by atoms with E-state index in [9.17, 15) is 0 Å². The van der Waals surface area contributed by atoms with Gasteiger partial charge in [-0.25, -0.2) is 0 Å². The lowest BCUT2D eigenvalue weighted by atomic mass is 10.2. The first-order valence-corrected chi connectivity index (χ1v) is 4.26. The number of hydrogen-bond acceptors (Lipinski definition) is 1. The second kappa shape index (κ2) is 2.10. The molecule has 1 saturated heterocycles. The molecule has 2 heteroatoms. The molecule has 0 aliphatic carbocycles. The SMILES string of the molecule is c1c[nH]c(C2CCS2)c1.